The molecule has 0 atom stereocenters. The topological polar surface area (TPSA) is 50.2 Å². The Morgan fingerprint density at radius 3 is 2.39 bits per heavy atom. The highest BCUT2D eigenvalue weighted by molar-refractivity contribution is 5.70. The maximum absolute atomic E-state index is 12.7. The number of aryl methyl sites for hydroxylation is 1. The van der Waals surface area contributed by atoms with Crippen LogP contribution in [0.25, 0.3) is 0 Å². The first-order chi connectivity index (χ1) is 8.12. The second kappa shape index (κ2) is 4.87. The Morgan fingerprint density at radius 1 is 1.44 bits per heavy atom. The van der Waals surface area contributed by atoms with Crippen molar-refractivity contribution < 1.29 is 31.9 Å². The second-order valence-corrected chi connectivity index (χ2v) is 3.54. The van der Waals surface area contributed by atoms with E-state index < -0.39 is 41.8 Å². The molecule has 0 bridgehead atoms. The van der Waals surface area contributed by atoms with Gasteiger partial charge in [-0.15, -0.1) is 0 Å². The Balaban J connectivity index is 3.51. The largest absolute Gasteiger partial charge is 0.481 e. The zero-order valence-corrected chi connectivity index (χ0v) is 9.05. The second-order valence-electron chi connectivity index (χ2n) is 3.54. The predicted octanol–water partition coefficient (Wildman–Crippen LogP) is 2.97. The van der Waals surface area contributed by atoms with Crippen LogP contribution in [0.1, 0.15) is 28.9 Å². The van der Waals surface area contributed by atoms with Crippen molar-refractivity contribution in [2.24, 2.45) is 0 Å². The molecule has 1 rings (SSSR count). The van der Waals surface area contributed by atoms with E-state index in [0.29, 0.717) is 6.07 Å². The molecule has 8 heteroatoms. The lowest BCUT2D eigenvalue weighted by molar-refractivity contribution is -0.140. The molecule has 3 nitrogen and oxygen atoms in total. The summed E-state index contributed by atoms with van der Waals surface area (Å²) in [7, 11) is 0. The van der Waals surface area contributed by atoms with E-state index in [1.165, 1.54) is 6.92 Å². The first-order valence-electron chi connectivity index (χ1n) is 4.70. The number of aromatic nitrogens is 1. The molecule has 1 aromatic rings. The molecule has 0 amide bonds. The number of hydrogen-bond donors (Lipinski definition) is 1. The molecule has 0 saturated heterocycles. The summed E-state index contributed by atoms with van der Waals surface area (Å²) in [6.07, 6.45) is -9.40. The summed E-state index contributed by atoms with van der Waals surface area (Å²) in [5, 5.41) is 8.49. The fourth-order valence-electron chi connectivity index (χ4n) is 1.50. The van der Waals surface area contributed by atoms with Crippen molar-refractivity contribution in [1.82, 2.24) is 4.98 Å². The van der Waals surface area contributed by atoms with Gasteiger partial charge < -0.3 is 5.11 Å². The van der Waals surface area contributed by atoms with E-state index in [4.69, 9.17) is 5.11 Å². The van der Waals surface area contributed by atoms with Gasteiger partial charge in [-0.2, -0.15) is 13.2 Å². The monoisotopic (exact) mass is 269 g/mol. The van der Waals surface area contributed by atoms with Gasteiger partial charge in [-0.05, 0) is 13.0 Å². The van der Waals surface area contributed by atoms with E-state index in [9.17, 15) is 26.7 Å². The molecule has 0 aliphatic heterocycles. The lowest BCUT2D eigenvalue weighted by atomic mass is 10.0. The molecular formula is C10H8F5NO2. The number of alkyl halides is 5. The van der Waals surface area contributed by atoms with E-state index in [1.807, 2.05) is 0 Å². The molecule has 0 aliphatic rings. The summed E-state index contributed by atoms with van der Waals surface area (Å²) < 4.78 is 63.1. The lowest BCUT2D eigenvalue weighted by Crippen LogP contribution is -2.16. The van der Waals surface area contributed by atoms with Crippen LogP contribution < -0.4 is 0 Å². The zero-order valence-electron chi connectivity index (χ0n) is 9.05. The zero-order chi connectivity index (χ0) is 14.1. The van der Waals surface area contributed by atoms with Crippen molar-refractivity contribution in [1.29, 1.82) is 0 Å². The normalized spacial score (nSPS) is 11.9. The number of halogens is 5. The summed E-state index contributed by atoms with van der Waals surface area (Å²) in [5.74, 6) is -1.52. The highest BCUT2D eigenvalue weighted by atomic mass is 19.4. The minimum absolute atomic E-state index is 0.164. The number of carbonyl (C=O) groups is 1. The number of aliphatic carboxylic acids is 1. The third-order valence-electron chi connectivity index (χ3n) is 2.11. The molecule has 0 spiro atoms. The van der Waals surface area contributed by atoms with Crippen LogP contribution in [0.3, 0.4) is 0 Å². The summed E-state index contributed by atoms with van der Waals surface area (Å²) >= 11 is 0. The number of rotatable bonds is 3. The molecule has 1 aromatic heterocycles. The third-order valence-corrected chi connectivity index (χ3v) is 2.11. The Morgan fingerprint density at radius 2 is 2.00 bits per heavy atom. The smallest absolute Gasteiger partial charge is 0.417 e. The van der Waals surface area contributed by atoms with Gasteiger partial charge in [-0.25, -0.2) is 8.78 Å². The standard InChI is InChI=1S/C10H8F5NO2/c1-4-2-5(10(13,14)15)8(9(11)12)6(16-4)3-7(17)18/h2,9H,3H2,1H3,(H,17,18). The summed E-state index contributed by atoms with van der Waals surface area (Å²) in [6, 6.07) is 0.479. The van der Waals surface area contributed by atoms with E-state index in [0.717, 1.165) is 0 Å². The van der Waals surface area contributed by atoms with Crippen molar-refractivity contribution in [2.75, 3.05) is 0 Å². The number of pyridine rings is 1. The molecule has 0 aliphatic carbocycles. The summed E-state index contributed by atoms with van der Waals surface area (Å²) in [6.45, 7) is 1.18. The van der Waals surface area contributed by atoms with Gasteiger partial charge in [0.1, 0.15) is 0 Å². The molecule has 0 radical (unpaired) electrons. The highest BCUT2D eigenvalue weighted by Crippen LogP contribution is 2.38. The van der Waals surface area contributed by atoms with Crippen LogP contribution in [0.2, 0.25) is 0 Å². The Kier molecular flexibility index (Phi) is 3.88. The fraction of sp³-hybridized carbons (Fsp3) is 0.400. The highest BCUT2D eigenvalue weighted by Gasteiger charge is 2.38. The Bertz CT molecular complexity index is 470. The van der Waals surface area contributed by atoms with E-state index in [1.54, 1.807) is 0 Å². The molecule has 100 valence electrons. The third kappa shape index (κ3) is 3.14. The average molecular weight is 269 g/mol. The first kappa shape index (κ1) is 14.3. The van der Waals surface area contributed by atoms with Gasteiger partial charge in [-0.3, -0.25) is 9.78 Å². The van der Waals surface area contributed by atoms with Gasteiger partial charge >= 0.3 is 12.1 Å². The summed E-state index contributed by atoms with van der Waals surface area (Å²) in [5.41, 5.74) is -3.83. The molecule has 18 heavy (non-hydrogen) atoms. The van der Waals surface area contributed by atoms with E-state index in [-0.39, 0.29) is 5.69 Å². The van der Waals surface area contributed by atoms with Crippen LogP contribution in [0.4, 0.5) is 22.0 Å². The predicted molar refractivity (Wildman–Crippen MR) is 50.3 cm³/mol. The van der Waals surface area contributed by atoms with Gasteiger partial charge in [0.15, 0.2) is 0 Å². The first-order valence-corrected chi connectivity index (χ1v) is 4.70. The number of carboxylic acid groups (broad SMARTS) is 1. The van der Waals surface area contributed by atoms with Crippen molar-refractivity contribution in [3.63, 3.8) is 0 Å². The van der Waals surface area contributed by atoms with Crippen molar-refractivity contribution in [3.05, 3.63) is 28.6 Å². The Hall–Kier alpha value is -1.73. The average Bonchev–Trinajstić information content (AvgIpc) is 2.13. The molecule has 0 saturated carbocycles. The molecule has 1 heterocycles. The maximum atomic E-state index is 12.7. The van der Waals surface area contributed by atoms with Crippen LogP contribution >= 0.6 is 0 Å². The number of nitrogens with zero attached hydrogens (tertiary/aromatic N) is 1. The summed E-state index contributed by atoms with van der Waals surface area (Å²) in [4.78, 5) is 13.9. The molecule has 0 unspecified atom stereocenters. The number of hydrogen-bond acceptors (Lipinski definition) is 2. The van der Waals surface area contributed by atoms with Crippen LogP contribution in [0, 0.1) is 6.92 Å². The van der Waals surface area contributed by atoms with E-state index in [2.05, 4.69) is 4.98 Å². The van der Waals surface area contributed by atoms with Gasteiger partial charge in [0.25, 0.3) is 6.43 Å². The maximum Gasteiger partial charge on any atom is 0.417 e. The molecular weight excluding hydrogens is 261 g/mol. The van der Waals surface area contributed by atoms with Gasteiger partial charge in [0, 0.05) is 5.69 Å². The van der Waals surface area contributed by atoms with Crippen molar-refractivity contribution in [2.45, 2.75) is 25.9 Å². The minimum atomic E-state index is -4.98. The van der Waals surface area contributed by atoms with Gasteiger partial charge in [0.2, 0.25) is 0 Å². The van der Waals surface area contributed by atoms with Crippen LogP contribution in [-0.2, 0) is 17.4 Å². The van der Waals surface area contributed by atoms with Crippen LogP contribution in [0.15, 0.2) is 6.07 Å². The fourth-order valence-corrected chi connectivity index (χ4v) is 1.50. The number of carboxylic acids is 1. The van der Waals surface area contributed by atoms with Gasteiger partial charge in [0.05, 0.1) is 23.2 Å². The SMILES string of the molecule is Cc1cc(C(F)(F)F)c(C(F)F)c(CC(=O)O)n1. The van der Waals surface area contributed by atoms with Crippen molar-refractivity contribution >= 4 is 5.97 Å². The quantitative estimate of drug-likeness (QED) is 0.858. The molecule has 0 aromatic carbocycles. The van der Waals surface area contributed by atoms with Gasteiger partial charge in [-0.1, -0.05) is 0 Å². The van der Waals surface area contributed by atoms with E-state index >= 15 is 0 Å². The molecule has 0 fully saturated rings. The molecule has 1 N–H and O–H groups in total. The Labute approximate surface area is 98.3 Å². The minimum Gasteiger partial charge on any atom is -0.481 e. The van der Waals surface area contributed by atoms with Crippen molar-refractivity contribution in [3.8, 4) is 0 Å². The lowest BCUT2D eigenvalue weighted by Gasteiger charge is -2.16. The van der Waals surface area contributed by atoms with Crippen LogP contribution in [-0.4, -0.2) is 16.1 Å². The van der Waals surface area contributed by atoms with Crippen LogP contribution in [0.5, 0.6) is 0 Å².